The average molecular weight is 226 g/mol. The first-order valence-corrected chi connectivity index (χ1v) is 4.46. The third-order valence-electron chi connectivity index (χ3n) is 1.71. The lowest BCUT2D eigenvalue weighted by Gasteiger charge is -2.05. The fourth-order valence-corrected chi connectivity index (χ4v) is 1.03. The maximum Gasteiger partial charge on any atom is 0.328 e. The average Bonchev–Trinajstić information content (AvgIpc) is 2.25. The van der Waals surface area contributed by atoms with Gasteiger partial charge in [0, 0.05) is 13.2 Å². The van der Waals surface area contributed by atoms with Crippen LogP contribution in [0.1, 0.15) is 5.56 Å². The third-order valence-corrected chi connectivity index (χ3v) is 1.71. The van der Waals surface area contributed by atoms with Crippen molar-refractivity contribution in [3.05, 3.63) is 35.7 Å². The molecule has 0 aromatic heterocycles. The van der Waals surface area contributed by atoms with E-state index in [1.165, 1.54) is 25.3 Å². The molecule has 0 atom stereocenters. The predicted molar refractivity (Wildman–Crippen MR) is 55.6 cm³/mol. The number of rotatable bonds is 5. The number of halogens is 1. The molecule has 0 unspecified atom stereocenters. The molecular weight excluding hydrogens is 215 g/mol. The smallest absolute Gasteiger partial charge is 0.328 e. The summed E-state index contributed by atoms with van der Waals surface area (Å²) in [6.07, 6.45) is 2.23. The molecule has 0 saturated carbocycles. The zero-order valence-corrected chi connectivity index (χ0v) is 8.64. The Labute approximate surface area is 91.9 Å². The Morgan fingerprint density at radius 3 is 2.88 bits per heavy atom. The van der Waals surface area contributed by atoms with Crippen LogP contribution >= 0.6 is 0 Å². The molecule has 0 aliphatic heterocycles. The van der Waals surface area contributed by atoms with Crippen LogP contribution in [0.4, 0.5) is 4.39 Å². The second-order valence-electron chi connectivity index (χ2n) is 2.91. The van der Waals surface area contributed by atoms with Crippen molar-refractivity contribution in [2.75, 3.05) is 13.9 Å². The van der Waals surface area contributed by atoms with Crippen LogP contribution in [0.25, 0.3) is 6.08 Å². The highest BCUT2D eigenvalue weighted by Crippen LogP contribution is 2.18. The topological polar surface area (TPSA) is 55.8 Å². The molecule has 16 heavy (non-hydrogen) atoms. The van der Waals surface area contributed by atoms with E-state index in [4.69, 9.17) is 9.84 Å². The molecule has 4 nitrogen and oxygen atoms in total. The van der Waals surface area contributed by atoms with Crippen molar-refractivity contribution in [1.82, 2.24) is 0 Å². The number of benzene rings is 1. The molecule has 1 aromatic carbocycles. The number of carboxylic acids is 1. The molecule has 0 heterocycles. The van der Waals surface area contributed by atoms with Crippen molar-refractivity contribution in [1.29, 1.82) is 0 Å². The first-order chi connectivity index (χ1) is 7.63. The maximum atomic E-state index is 13.3. The number of methoxy groups -OCH3 is 1. The summed E-state index contributed by atoms with van der Waals surface area (Å²) in [5.74, 6) is -1.58. The Morgan fingerprint density at radius 1 is 1.56 bits per heavy atom. The molecule has 0 amide bonds. The summed E-state index contributed by atoms with van der Waals surface area (Å²) >= 11 is 0. The lowest BCUT2D eigenvalue weighted by molar-refractivity contribution is -0.131. The fourth-order valence-electron chi connectivity index (χ4n) is 1.03. The quantitative estimate of drug-likeness (QED) is 0.615. The zero-order chi connectivity index (χ0) is 12.0. The molecule has 0 bridgehead atoms. The third kappa shape index (κ3) is 3.70. The van der Waals surface area contributed by atoms with Crippen molar-refractivity contribution >= 4 is 12.0 Å². The SMILES string of the molecule is COCOc1ccc(/C=C/C(=O)O)cc1F. The van der Waals surface area contributed by atoms with Crippen molar-refractivity contribution in [2.45, 2.75) is 0 Å². The van der Waals surface area contributed by atoms with Gasteiger partial charge in [-0.3, -0.25) is 0 Å². The van der Waals surface area contributed by atoms with Crippen LogP contribution in [-0.4, -0.2) is 25.0 Å². The summed E-state index contributed by atoms with van der Waals surface area (Å²) in [7, 11) is 1.43. The summed E-state index contributed by atoms with van der Waals surface area (Å²) in [5.41, 5.74) is 0.449. The van der Waals surface area contributed by atoms with Gasteiger partial charge >= 0.3 is 5.97 Å². The number of hydrogen-bond donors (Lipinski definition) is 1. The van der Waals surface area contributed by atoms with Gasteiger partial charge in [-0.25, -0.2) is 9.18 Å². The molecule has 1 N–H and O–H groups in total. The van der Waals surface area contributed by atoms with E-state index in [0.717, 1.165) is 6.08 Å². The molecule has 0 aliphatic carbocycles. The minimum absolute atomic E-state index is 0.0404. The van der Waals surface area contributed by atoms with Crippen LogP contribution in [0.3, 0.4) is 0 Å². The monoisotopic (exact) mass is 226 g/mol. The van der Waals surface area contributed by atoms with E-state index in [-0.39, 0.29) is 12.5 Å². The van der Waals surface area contributed by atoms with Crippen LogP contribution in [-0.2, 0) is 9.53 Å². The lowest BCUT2D eigenvalue weighted by Crippen LogP contribution is -2.00. The van der Waals surface area contributed by atoms with Crippen molar-refractivity contribution in [3.8, 4) is 5.75 Å². The van der Waals surface area contributed by atoms with E-state index in [2.05, 4.69) is 4.74 Å². The van der Waals surface area contributed by atoms with Gasteiger partial charge in [0.05, 0.1) is 0 Å². The molecule has 0 fully saturated rings. The van der Waals surface area contributed by atoms with Gasteiger partial charge in [-0.2, -0.15) is 0 Å². The summed E-state index contributed by atoms with van der Waals surface area (Å²) in [5, 5.41) is 8.39. The van der Waals surface area contributed by atoms with Crippen molar-refractivity contribution in [3.63, 3.8) is 0 Å². The second-order valence-corrected chi connectivity index (χ2v) is 2.91. The number of hydrogen-bond acceptors (Lipinski definition) is 3. The number of carboxylic acid groups (broad SMARTS) is 1. The summed E-state index contributed by atoms with van der Waals surface area (Å²) in [6.45, 7) is -0.0404. The molecule has 5 heteroatoms. The van der Waals surface area contributed by atoms with Gasteiger partial charge in [0.25, 0.3) is 0 Å². The Hall–Kier alpha value is -1.88. The summed E-state index contributed by atoms with van der Waals surface area (Å²) in [6, 6.07) is 4.15. The molecular formula is C11H11FO4. The van der Waals surface area contributed by atoms with Crippen LogP contribution in [0.5, 0.6) is 5.75 Å². The van der Waals surface area contributed by atoms with Crippen molar-refractivity contribution < 1.29 is 23.8 Å². The molecule has 0 radical (unpaired) electrons. The first-order valence-electron chi connectivity index (χ1n) is 4.46. The Balaban J connectivity index is 2.78. The van der Waals surface area contributed by atoms with Crippen molar-refractivity contribution in [2.24, 2.45) is 0 Å². The molecule has 0 aliphatic rings. The van der Waals surface area contributed by atoms with Gasteiger partial charge in [-0.05, 0) is 23.8 Å². The molecule has 86 valence electrons. The van der Waals surface area contributed by atoms with Crippen LogP contribution in [0.2, 0.25) is 0 Å². The van der Waals surface area contributed by atoms with E-state index in [9.17, 15) is 9.18 Å². The standard InChI is InChI=1S/C11H11FO4/c1-15-7-16-10-4-2-8(6-9(10)12)3-5-11(13)14/h2-6H,7H2,1H3,(H,13,14)/b5-3+. The highest BCUT2D eigenvalue weighted by atomic mass is 19.1. The van der Waals surface area contributed by atoms with E-state index in [1.807, 2.05) is 0 Å². The maximum absolute atomic E-state index is 13.3. The van der Waals surface area contributed by atoms with Gasteiger partial charge in [-0.15, -0.1) is 0 Å². The minimum Gasteiger partial charge on any atom is -0.478 e. The Kier molecular flexibility index (Phi) is 4.47. The molecule has 1 aromatic rings. The molecule has 0 spiro atoms. The van der Waals surface area contributed by atoms with Gasteiger partial charge in [0.1, 0.15) is 0 Å². The van der Waals surface area contributed by atoms with E-state index < -0.39 is 11.8 Å². The lowest BCUT2D eigenvalue weighted by atomic mass is 10.2. The first kappa shape index (κ1) is 12.2. The zero-order valence-electron chi connectivity index (χ0n) is 8.64. The number of ether oxygens (including phenoxy) is 2. The van der Waals surface area contributed by atoms with E-state index in [0.29, 0.717) is 5.56 Å². The molecule has 1 rings (SSSR count). The van der Waals surface area contributed by atoms with Gasteiger partial charge in [0.2, 0.25) is 0 Å². The second kappa shape index (κ2) is 5.87. The highest BCUT2D eigenvalue weighted by Gasteiger charge is 2.03. The minimum atomic E-state index is -1.08. The van der Waals surface area contributed by atoms with Crippen LogP contribution in [0, 0.1) is 5.82 Å². The summed E-state index contributed by atoms with van der Waals surface area (Å²) in [4.78, 5) is 10.2. The molecule has 0 saturated heterocycles. The van der Waals surface area contributed by atoms with Gasteiger partial charge in [-0.1, -0.05) is 6.07 Å². The summed E-state index contributed by atoms with van der Waals surface area (Å²) < 4.78 is 22.9. The Morgan fingerprint density at radius 2 is 2.31 bits per heavy atom. The number of aliphatic carboxylic acids is 1. The fraction of sp³-hybridized carbons (Fsp3) is 0.182. The highest BCUT2D eigenvalue weighted by molar-refractivity contribution is 5.85. The predicted octanol–water partition coefficient (Wildman–Crippen LogP) is 1.91. The normalized spacial score (nSPS) is 10.6. The van der Waals surface area contributed by atoms with Gasteiger partial charge < -0.3 is 14.6 Å². The van der Waals surface area contributed by atoms with Gasteiger partial charge in [0.15, 0.2) is 18.4 Å². The van der Waals surface area contributed by atoms with E-state index >= 15 is 0 Å². The van der Waals surface area contributed by atoms with Crippen LogP contribution in [0.15, 0.2) is 24.3 Å². The van der Waals surface area contributed by atoms with E-state index in [1.54, 1.807) is 6.07 Å². The van der Waals surface area contributed by atoms with Crippen LogP contribution < -0.4 is 4.74 Å². The Bertz CT molecular complexity index is 401. The largest absolute Gasteiger partial charge is 0.478 e. The number of carbonyl (C=O) groups is 1.